The number of esters is 1. The molecule has 0 aliphatic rings. The molecule has 0 saturated carbocycles. The third-order valence-corrected chi connectivity index (χ3v) is 2.41. The number of oxazole rings is 1. The lowest BCUT2D eigenvalue weighted by Crippen LogP contribution is -2.11. The zero-order chi connectivity index (χ0) is 13.7. The average Bonchev–Trinajstić information content (AvgIpc) is 2.89. The highest BCUT2D eigenvalue weighted by atomic mass is 16.5. The van der Waals surface area contributed by atoms with Crippen molar-refractivity contribution >= 4 is 11.7 Å². The fourth-order valence-electron chi connectivity index (χ4n) is 1.52. The molecule has 5 heteroatoms. The van der Waals surface area contributed by atoms with Crippen molar-refractivity contribution < 1.29 is 13.9 Å². The first-order valence-corrected chi connectivity index (χ1v) is 6.07. The zero-order valence-corrected chi connectivity index (χ0v) is 10.9. The van der Waals surface area contributed by atoms with Crippen LogP contribution in [-0.2, 0) is 11.3 Å². The van der Waals surface area contributed by atoms with Gasteiger partial charge in [0, 0.05) is 5.69 Å². The van der Waals surface area contributed by atoms with Crippen molar-refractivity contribution in [2.24, 2.45) is 0 Å². The second-order valence-electron chi connectivity index (χ2n) is 4.35. The Balaban J connectivity index is 1.92. The lowest BCUT2D eigenvalue weighted by molar-refractivity contribution is 0.0378. The van der Waals surface area contributed by atoms with Crippen LogP contribution in [0.4, 0.5) is 5.69 Å². The standard InChI is InChI=1S/C14H16N2O3/c1-10(2)19-14(17)11-3-5-12(6-4-11)16-8-13-7-15-9-18-13/h3-7,9-10,16H,8H2,1-2H3. The van der Waals surface area contributed by atoms with Gasteiger partial charge in [-0.05, 0) is 38.1 Å². The molecule has 1 N–H and O–H groups in total. The minimum Gasteiger partial charge on any atom is -0.459 e. The maximum Gasteiger partial charge on any atom is 0.338 e. The van der Waals surface area contributed by atoms with E-state index in [0.29, 0.717) is 12.1 Å². The van der Waals surface area contributed by atoms with Crippen LogP contribution in [0.1, 0.15) is 30.0 Å². The van der Waals surface area contributed by atoms with E-state index in [1.165, 1.54) is 6.39 Å². The van der Waals surface area contributed by atoms with Gasteiger partial charge in [-0.25, -0.2) is 9.78 Å². The molecular formula is C14H16N2O3. The van der Waals surface area contributed by atoms with E-state index in [-0.39, 0.29) is 12.1 Å². The van der Waals surface area contributed by atoms with Crippen LogP contribution in [0.3, 0.4) is 0 Å². The Hall–Kier alpha value is -2.30. The Bertz CT molecular complexity index is 518. The fraction of sp³-hybridized carbons (Fsp3) is 0.286. The summed E-state index contributed by atoms with van der Waals surface area (Å²) in [6, 6.07) is 7.11. The van der Waals surface area contributed by atoms with E-state index >= 15 is 0 Å². The van der Waals surface area contributed by atoms with Crippen LogP contribution in [-0.4, -0.2) is 17.1 Å². The third-order valence-electron chi connectivity index (χ3n) is 2.41. The molecule has 0 amide bonds. The molecule has 1 heterocycles. The summed E-state index contributed by atoms with van der Waals surface area (Å²) in [6.07, 6.45) is 2.93. The van der Waals surface area contributed by atoms with Crippen LogP contribution in [0.5, 0.6) is 0 Å². The number of carbonyl (C=O) groups excluding carboxylic acids is 1. The normalized spacial score (nSPS) is 10.5. The van der Waals surface area contributed by atoms with Crippen LogP contribution in [0.15, 0.2) is 41.3 Å². The summed E-state index contributed by atoms with van der Waals surface area (Å²) < 4.78 is 10.2. The SMILES string of the molecule is CC(C)OC(=O)c1ccc(NCc2cnco2)cc1. The molecule has 5 nitrogen and oxygen atoms in total. The van der Waals surface area contributed by atoms with Gasteiger partial charge in [0.05, 0.1) is 24.4 Å². The number of benzene rings is 1. The first-order valence-electron chi connectivity index (χ1n) is 6.07. The zero-order valence-electron chi connectivity index (χ0n) is 10.9. The number of anilines is 1. The molecule has 0 radical (unpaired) electrons. The van der Waals surface area contributed by atoms with Gasteiger partial charge in [0.2, 0.25) is 0 Å². The molecule has 0 atom stereocenters. The second-order valence-corrected chi connectivity index (χ2v) is 4.35. The molecule has 19 heavy (non-hydrogen) atoms. The third kappa shape index (κ3) is 3.84. The number of carbonyl (C=O) groups is 1. The molecule has 2 aromatic rings. The largest absolute Gasteiger partial charge is 0.459 e. The Morgan fingerprint density at radius 1 is 1.37 bits per heavy atom. The number of nitrogens with one attached hydrogen (secondary N) is 1. The topological polar surface area (TPSA) is 64.4 Å². The molecule has 0 aliphatic carbocycles. The number of rotatable bonds is 5. The summed E-state index contributed by atoms with van der Waals surface area (Å²) in [6.45, 7) is 4.20. The monoisotopic (exact) mass is 260 g/mol. The predicted octanol–water partition coefficient (Wildman–Crippen LogP) is 2.85. The van der Waals surface area contributed by atoms with Gasteiger partial charge in [0.25, 0.3) is 0 Å². The minimum atomic E-state index is -0.309. The molecule has 1 aromatic carbocycles. The van der Waals surface area contributed by atoms with Crippen LogP contribution >= 0.6 is 0 Å². The highest BCUT2D eigenvalue weighted by molar-refractivity contribution is 5.89. The van der Waals surface area contributed by atoms with Crippen LogP contribution in [0.25, 0.3) is 0 Å². The Morgan fingerprint density at radius 2 is 2.11 bits per heavy atom. The Kier molecular flexibility index (Phi) is 4.18. The smallest absolute Gasteiger partial charge is 0.338 e. The lowest BCUT2D eigenvalue weighted by Gasteiger charge is -2.08. The molecule has 0 unspecified atom stereocenters. The summed E-state index contributed by atoms with van der Waals surface area (Å²) in [7, 11) is 0. The van der Waals surface area contributed by atoms with E-state index in [0.717, 1.165) is 11.4 Å². The minimum absolute atomic E-state index is 0.114. The summed E-state index contributed by atoms with van der Waals surface area (Å²) in [5.41, 5.74) is 1.44. The molecule has 0 aliphatic heterocycles. The summed E-state index contributed by atoms with van der Waals surface area (Å²) in [5.74, 6) is 0.445. The number of aromatic nitrogens is 1. The summed E-state index contributed by atoms with van der Waals surface area (Å²) in [4.78, 5) is 15.5. The molecular weight excluding hydrogens is 244 g/mol. The average molecular weight is 260 g/mol. The van der Waals surface area contributed by atoms with Crippen LogP contribution in [0, 0.1) is 0 Å². The van der Waals surface area contributed by atoms with Gasteiger partial charge < -0.3 is 14.5 Å². The van der Waals surface area contributed by atoms with E-state index in [4.69, 9.17) is 9.15 Å². The van der Waals surface area contributed by atoms with Gasteiger partial charge in [-0.1, -0.05) is 0 Å². The number of ether oxygens (including phenoxy) is 1. The van der Waals surface area contributed by atoms with Gasteiger partial charge >= 0.3 is 5.97 Å². The van der Waals surface area contributed by atoms with Crippen molar-refractivity contribution in [1.82, 2.24) is 4.98 Å². The number of hydrogen-bond donors (Lipinski definition) is 1. The van der Waals surface area contributed by atoms with Gasteiger partial charge in [0.15, 0.2) is 6.39 Å². The molecule has 1 aromatic heterocycles. The van der Waals surface area contributed by atoms with Gasteiger partial charge in [-0.15, -0.1) is 0 Å². The maximum absolute atomic E-state index is 11.6. The van der Waals surface area contributed by atoms with Crippen molar-refractivity contribution in [3.63, 3.8) is 0 Å². The summed E-state index contributed by atoms with van der Waals surface area (Å²) in [5, 5.41) is 3.17. The number of nitrogens with zero attached hydrogens (tertiary/aromatic N) is 1. The molecule has 2 rings (SSSR count). The van der Waals surface area contributed by atoms with Gasteiger partial charge in [0.1, 0.15) is 5.76 Å². The van der Waals surface area contributed by atoms with E-state index < -0.39 is 0 Å². The van der Waals surface area contributed by atoms with Gasteiger partial charge in [-0.2, -0.15) is 0 Å². The highest BCUT2D eigenvalue weighted by Gasteiger charge is 2.08. The quantitative estimate of drug-likeness (QED) is 0.837. The molecule has 0 saturated heterocycles. The highest BCUT2D eigenvalue weighted by Crippen LogP contribution is 2.12. The maximum atomic E-state index is 11.6. The molecule has 100 valence electrons. The second kappa shape index (κ2) is 6.04. The number of hydrogen-bond acceptors (Lipinski definition) is 5. The van der Waals surface area contributed by atoms with Crippen molar-refractivity contribution in [3.05, 3.63) is 48.2 Å². The Morgan fingerprint density at radius 3 is 2.68 bits per heavy atom. The van der Waals surface area contributed by atoms with E-state index in [1.54, 1.807) is 18.3 Å². The van der Waals surface area contributed by atoms with Crippen molar-refractivity contribution in [2.45, 2.75) is 26.5 Å². The van der Waals surface area contributed by atoms with Crippen LogP contribution in [0.2, 0.25) is 0 Å². The van der Waals surface area contributed by atoms with Crippen molar-refractivity contribution in [2.75, 3.05) is 5.32 Å². The Labute approximate surface area is 111 Å². The molecule has 0 spiro atoms. The van der Waals surface area contributed by atoms with Crippen molar-refractivity contribution in [3.8, 4) is 0 Å². The van der Waals surface area contributed by atoms with Crippen LogP contribution < -0.4 is 5.32 Å². The van der Waals surface area contributed by atoms with E-state index in [1.807, 2.05) is 26.0 Å². The lowest BCUT2D eigenvalue weighted by atomic mass is 10.2. The first-order chi connectivity index (χ1) is 9.15. The molecule has 0 bridgehead atoms. The summed E-state index contributed by atoms with van der Waals surface area (Å²) >= 11 is 0. The van der Waals surface area contributed by atoms with Crippen molar-refractivity contribution in [1.29, 1.82) is 0 Å². The molecule has 0 fully saturated rings. The predicted molar refractivity (Wildman–Crippen MR) is 70.8 cm³/mol. The fourth-order valence-corrected chi connectivity index (χ4v) is 1.52. The first kappa shape index (κ1) is 13.1. The van der Waals surface area contributed by atoms with E-state index in [9.17, 15) is 4.79 Å². The van der Waals surface area contributed by atoms with Gasteiger partial charge in [-0.3, -0.25) is 0 Å². The van der Waals surface area contributed by atoms with E-state index in [2.05, 4.69) is 10.3 Å².